The Hall–Kier alpha value is -1.39. The second kappa shape index (κ2) is 5.08. The third kappa shape index (κ3) is 2.71. The maximum absolute atomic E-state index is 9.61. The third-order valence-corrected chi connectivity index (χ3v) is 3.03. The summed E-state index contributed by atoms with van der Waals surface area (Å²) in [6.45, 7) is 6.99. The van der Waals surface area contributed by atoms with Gasteiger partial charge < -0.3 is 15.0 Å². The number of para-hydroxylation sites is 2. The molecule has 4 heteroatoms. The SMILES string of the molecule is CC(C)NC(C)(CO)Cn1cnc2ccccc21. The van der Waals surface area contributed by atoms with Gasteiger partial charge in [-0.05, 0) is 19.1 Å². The molecule has 2 N–H and O–H groups in total. The van der Waals surface area contributed by atoms with E-state index in [-0.39, 0.29) is 12.1 Å². The van der Waals surface area contributed by atoms with Crippen LogP contribution in [0.25, 0.3) is 11.0 Å². The molecule has 0 bridgehead atoms. The highest BCUT2D eigenvalue weighted by Crippen LogP contribution is 2.16. The van der Waals surface area contributed by atoms with Crippen molar-refractivity contribution < 1.29 is 5.11 Å². The van der Waals surface area contributed by atoms with E-state index in [1.165, 1.54) is 0 Å². The summed E-state index contributed by atoms with van der Waals surface area (Å²) >= 11 is 0. The zero-order valence-corrected chi connectivity index (χ0v) is 11.2. The molecule has 1 atom stereocenters. The molecule has 18 heavy (non-hydrogen) atoms. The van der Waals surface area contributed by atoms with Gasteiger partial charge in [-0.1, -0.05) is 26.0 Å². The number of hydrogen-bond donors (Lipinski definition) is 2. The lowest BCUT2D eigenvalue weighted by atomic mass is 10.0. The van der Waals surface area contributed by atoms with Crippen molar-refractivity contribution in [1.82, 2.24) is 14.9 Å². The molecule has 1 unspecified atom stereocenters. The smallest absolute Gasteiger partial charge is 0.0958 e. The maximum Gasteiger partial charge on any atom is 0.0958 e. The fourth-order valence-electron chi connectivity index (χ4n) is 2.35. The molecule has 0 amide bonds. The molecule has 0 radical (unpaired) electrons. The molecular weight excluding hydrogens is 226 g/mol. The van der Waals surface area contributed by atoms with Crippen molar-refractivity contribution in [3.63, 3.8) is 0 Å². The van der Waals surface area contributed by atoms with Gasteiger partial charge in [0.1, 0.15) is 0 Å². The van der Waals surface area contributed by atoms with E-state index in [4.69, 9.17) is 0 Å². The molecule has 0 aliphatic rings. The summed E-state index contributed by atoms with van der Waals surface area (Å²) in [6, 6.07) is 8.37. The lowest BCUT2D eigenvalue weighted by Crippen LogP contribution is -2.51. The summed E-state index contributed by atoms with van der Waals surface area (Å²) in [4.78, 5) is 4.37. The Morgan fingerprint density at radius 3 is 2.78 bits per heavy atom. The minimum absolute atomic E-state index is 0.0949. The van der Waals surface area contributed by atoms with Crippen LogP contribution >= 0.6 is 0 Å². The van der Waals surface area contributed by atoms with Crippen LogP contribution in [0.2, 0.25) is 0 Å². The first-order chi connectivity index (χ1) is 8.54. The van der Waals surface area contributed by atoms with Crippen LogP contribution in [0.15, 0.2) is 30.6 Å². The standard InChI is InChI=1S/C14H21N3O/c1-11(2)16-14(3,9-18)8-17-10-15-12-6-4-5-7-13(12)17/h4-7,10-11,16,18H,8-9H2,1-3H3. The molecule has 98 valence electrons. The number of benzene rings is 1. The minimum atomic E-state index is -0.336. The van der Waals surface area contributed by atoms with Crippen LogP contribution in [-0.4, -0.2) is 32.8 Å². The van der Waals surface area contributed by atoms with Crippen LogP contribution in [0.5, 0.6) is 0 Å². The van der Waals surface area contributed by atoms with Crippen LogP contribution in [0.4, 0.5) is 0 Å². The number of aromatic nitrogens is 2. The highest BCUT2D eigenvalue weighted by Gasteiger charge is 2.25. The van der Waals surface area contributed by atoms with Gasteiger partial charge in [-0.15, -0.1) is 0 Å². The van der Waals surface area contributed by atoms with E-state index >= 15 is 0 Å². The summed E-state index contributed by atoms with van der Waals surface area (Å²) in [7, 11) is 0. The molecule has 1 heterocycles. The van der Waals surface area contributed by atoms with E-state index < -0.39 is 0 Å². The van der Waals surface area contributed by atoms with Gasteiger partial charge in [0.05, 0.1) is 29.5 Å². The van der Waals surface area contributed by atoms with Gasteiger partial charge >= 0.3 is 0 Å². The van der Waals surface area contributed by atoms with Gasteiger partial charge in [-0.3, -0.25) is 0 Å². The highest BCUT2D eigenvalue weighted by molar-refractivity contribution is 5.74. The largest absolute Gasteiger partial charge is 0.394 e. The number of hydrogen-bond acceptors (Lipinski definition) is 3. The summed E-state index contributed by atoms with van der Waals surface area (Å²) in [6.07, 6.45) is 1.83. The molecule has 4 nitrogen and oxygen atoms in total. The Labute approximate surface area is 108 Å². The lowest BCUT2D eigenvalue weighted by Gasteiger charge is -2.31. The zero-order valence-electron chi connectivity index (χ0n) is 11.2. The molecular formula is C14H21N3O. The van der Waals surface area contributed by atoms with E-state index in [0.29, 0.717) is 12.6 Å². The van der Waals surface area contributed by atoms with Crippen molar-refractivity contribution >= 4 is 11.0 Å². The van der Waals surface area contributed by atoms with Crippen molar-refractivity contribution in [1.29, 1.82) is 0 Å². The van der Waals surface area contributed by atoms with E-state index in [1.807, 2.05) is 31.5 Å². The van der Waals surface area contributed by atoms with Gasteiger partial charge in [0.15, 0.2) is 0 Å². The van der Waals surface area contributed by atoms with Crippen LogP contribution < -0.4 is 5.32 Å². The first-order valence-electron chi connectivity index (χ1n) is 6.32. The zero-order chi connectivity index (χ0) is 13.2. The summed E-state index contributed by atoms with van der Waals surface area (Å²) in [5.41, 5.74) is 1.75. The van der Waals surface area contributed by atoms with Gasteiger partial charge in [0.25, 0.3) is 0 Å². The molecule has 0 saturated heterocycles. The van der Waals surface area contributed by atoms with E-state index in [2.05, 4.69) is 34.8 Å². The number of rotatable bonds is 5. The summed E-state index contributed by atoms with van der Waals surface area (Å²) < 4.78 is 2.08. The molecule has 0 aliphatic heterocycles. The second-order valence-corrected chi connectivity index (χ2v) is 5.38. The molecule has 0 spiro atoms. The molecule has 2 rings (SSSR count). The highest BCUT2D eigenvalue weighted by atomic mass is 16.3. The third-order valence-electron chi connectivity index (χ3n) is 3.03. The first kappa shape index (κ1) is 13.1. The molecule has 0 aliphatic carbocycles. The summed E-state index contributed by atoms with van der Waals surface area (Å²) in [5, 5.41) is 13.0. The van der Waals surface area contributed by atoms with Crippen LogP contribution in [-0.2, 0) is 6.54 Å². The van der Waals surface area contributed by atoms with Crippen molar-refractivity contribution in [2.24, 2.45) is 0 Å². The minimum Gasteiger partial charge on any atom is -0.394 e. The quantitative estimate of drug-likeness (QED) is 0.847. The fraction of sp³-hybridized carbons (Fsp3) is 0.500. The average Bonchev–Trinajstić information content (AvgIpc) is 2.72. The van der Waals surface area contributed by atoms with Crippen molar-refractivity contribution in [3.05, 3.63) is 30.6 Å². The number of aliphatic hydroxyl groups excluding tert-OH is 1. The molecule has 1 aromatic carbocycles. The Kier molecular flexibility index (Phi) is 3.68. The number of imidazole rings is 1. The predicted molar refractivity (Wildman–Crippen MR) is 73.5 cm³/mol. The van der Waals surface area contributed by atoms with Crippen LogP contribution in [0.1, 0.15) is 20.8 Å². The molecule has 1 aromatic heterocycles. The van der Waals surface area contributed by atoms with Gasteiger partial charge in [0.2, 0.25) is 0 Å². The van der Waals surface area contributed by atoms with E-state index in [9.17, 15) is 5.11 Å². The molecule has 2 aromatic rings. The van der Waals surface area contributed by atoms with Gasteiger partial charge in [-0.25, -0.2) is 4.98 Å². The summed E-state index contributed by atoms with van der Waals surface area (Å²) in [5.74, 6) is 0. The average molecular weight is 247 g/mol. The fourth-order valence-corrected chi connectivity index (χ4v) is 2.35. The Morgan fingerprint density at radius 2 is 2.11 bits per heavy atom. The first-order valence-corrected chi connectivity index (χ1v) is 6.32. The van der Waals surface area contributed by atoms with Crippen LogP contribution in [0, 0.1) is 0 Å². The maximum atomic E-state index is 9.61. The Bertz CT molecular complexity index is 520. The topological polar surface area (TPSA) is 50.1 Å². The number of nitrogens with one attached hydrogen (secondary N) is 1. The van der Waals surface area contributed by atoms with E-state index in [1.54, 1.807) is 0 Å². The number of fused-ring (bicyclic) bond motifs is 1. The van der Waals surface area contributed by atoms with Gasteiger partial charge in [-0.2, -0.15) is 0 Å². The van der Waals surface area contributed by atoms with Crippen molar-refractivity contribution in [2.75, 3.05) is 6.61 Å². The Morgan fingerprint density at radius 1 is 1.39 bits per heavy atom. The predicted octanol–water partition coefficient (Wildman–Crippen LogP) is 1.79. The van der Waals surface area contributed by atoms with Crippen LogP contribution in [0.3, 0.4) is 0 Å². The van der Waals surface area contributed by atoms with Crippen molar-refractivity contribution in [2.45, 2.75) is 38.9 Å². The monoisotopic (exact) mass is 247 g/mol. The van der Waals surface area contributed by atoms with E-state index in [0.717, 1.165) is 11.0 Å². The molecule has 0 saturated carbocycles. The normalized spacial score (nSPS) is 15.2. The second-order valence-electron chi connectivity index (χ2n) is 5.38. The number of aliphatic hydroxyl groups is 1. The number of nitrogens with zero attached hydrogens (tertiary/aromatic N) is 2. The lowest BCUT2D eigenvalue weighted by molar-refractivity contribution is 0.149. The Balaban J connectivity index is 2.26. The van der Waals surface area contributed by atoms with Crippen molar-refractivity contribution in [3.8, 4) is 0 Å². The van der Waals surface area contributed by atoms with Gasteiger partial charge in [0, 0.05) is 12.6 Å². The molecule has 0 fully saturated rings.